The van der Waals surface area contributed by atoms with E-state index >= 15 is 0 Å². The number of nitrogens with one attached hydrogen (secondary N) is 2. The van der Waals surface area contributed by atoms with Crippen LogP contribution in [0.3, 0.4) is 0 Å². The highest BCUT2D eigenvalue weighted by atomic mass is 16.2. The number of hydrogen-bond acceptors (Lipinski definition) is 3. The Hall–Kier alpha value is -3.93. The Morgan fingerprint density at radius 1 is 0.879 bits per heavy atom. The lowest BCUT2D eigenvalue weighted by Gasteiger charge is -2.18. The number of carbonyl (C=O) groups is 3. The third-order valence-electron chi connectivity index (χ3n) is 5.87. The van der Waals surface area contributed by atoms with Crippen LogP contribution in [0.1, 0.15) is 33.5 Å². The van der Waals surface area contributed by atoms with Crippen molar-refractivity contribution in [2.75, 3.05) is 22.1 Å². The van der Waals surface area contributed by atoms with Gasteiger partial charge in [-0.1, -0.05) is 41.5 Å². The van der Waals surface area contributed by atoms with Crippen molar-refractivity contribution in [2.24, 2.45) is 5.92 Å². The summed E-state index contributed by atoms with van der Waals surface area (Å²) < 4.78 is 0. The molecule has 1 saturated heterocycles. The topological polar surface area (TPSA) is 78.5 Å². The van der Waals surface area contributed by atoms with E-state index in [2.05, 4.69) is 10.6 Å². The van der Waals surface area contributed by atoms with Crippen LogP contribution >= 0.6 is 0 Å². The van der Waals surface area contributed by atoms with E-state index in [0.29, 0.717) is 16.9 Å². The highest BCUT2D eigenvalue weighted by Gasteiger charge is 2.35. The summed E-state index contributed by atoms with van der Waals surface area (Å²) in [6.07, 6.45) is 0.135. The molecule has 6 heteroatoms. The maximum Gasteiger partial charge on any atom is 0.255 e. The first-order chi connectivity index (χ1) is 15.8. The van der Waals surface area contributed by atoms with Gasteiger partial charge in [-0.15, -0.1) is 0 Å². The van der Waals surface area contributed by atoms with Crippen LogP contribution in [0.15, 0.2) is 66.7 Å². The minimum absolute atomic E-state index is 0.133. The molecule has 33 heavy (non-hydrogen) atoms. The van der Waals surface area contributed by atoms with E-state index in [0.717, 1.165) is 22.4 Å². The molecule has 0 spiro atoms. The molecule has 2 N–H and O–H groups in total. The van der Waals surface area contributed by atoms with E-state index in [9.17, 15) is 14.4 Å². The molecule has 1 fully saturated rings. The molecule has 1 atom stereocenters. The van der Waals surface area contributed by atoms with Gasteiger partial charge < -0.3 is 15.5 Å². The average molecular weight is 442 g/mol. The summed E-state index contributed by atoms with van der Waals surface area (Å²) in [5, 5.41) is 5.82. The van der Waals surface area contributed by atoms with Gasteiger partial charge in [-0.25, -0.2) is 0 Å². The Kier molecular flexibility index (Phi) is 6.27. The van der Waals surface area contributed by atoms with E-state index in [1.54, 1.807) is 29.2 Å². The number of carbonyl (C=O) groups excluding carboxylic acids is 3. The molecule has 3 aromatic carbocycles. The number of nitrogens with zero attached hydrogens (tertiary/aromatic N) is 1. The van der Waals surface area contributed by atoms with Crippen LogP contribution in [0, 0.1) is 26.7 Å². The third-order valence-corrected chi connectivity index (χ3v) is 5.87. The summed E-state index contributed by atoms with van der Waals surface area (Å²) in [5.41, 5.74) is 5.74. The van der Waals surface area contributed by atoms with Gasteiger partial charge in [-0.3, -0.25) is 14.4 Å². The first-order valence-electron chi connectivity index (χ1n) is 11.0. The van der Waals surface area contributed by atoms with Crippen LogP contribution in [0.25, 0.3) is 0 Å². The Labute approximate surface area is 193 Å². The van der Waals surface area contributed by atoms with Crippen LogP contribution in [0.4, 0.5) is 17.1 Å². The van der Waals surface area contributed by atoms with Gasteiger partial charge in [0.15, 0.2) is 0 Å². The van der Waals surface area contributed by atoms with Crippen LogP contribution in [0.2, 0.25) is 0 Å². The van der Waals surface area contributed by atoms with Gasteiger partial charge >= 0.3 is 0 Å². The monoisotopic (exact) mass is 441 g/mol. The number of anilines is 3. The van der Waals surface area contributed by atoms with Gasteiger partial charge in [-0.2, -0.15) is 0 Å². The number of amides is 3. The van der Waals surface area contributed by atoms with Gasteiger partial charge in [0.2, 0.25) is 11.8 Å². The van der Waals surface area contributed by atoms with Crippen LogP contribution in [0.5, 0.6) is 0 Å². The second kappa shape index (κ2) is 9.28. The van der Waals surface area contributed by atoms with Gasteiger partial charge in [0, 0.05) is 35.6 Å². The van der Waals surface area contributed by atoms with E-state index in [4.69, 9.17) is 0 Å². The van der Waals surface area contributed by atoms with E-state index in [1.807, 2.05) is 63.2 Å². The second-order valence-electron chi connectivity index (χ2n) is 8.58. The largest absolute Gasteiger partial charge is 0.326 e. The SMILES string of the molecule is Cc1ccc(NC(=O)c2cccc(N3CC(C(=O)Nc4ccc(C)cc4C)CC3=O)c2)cc1. The lowest BCUT2D eigenvalue weighted by molar-refractivity contribution is -0.122. The molecule has 3 amide bonds. The highest BCUT2D eigenvalue weighted by molar-refractivity contribution is 6.07. The van der Waals surface area contributed by atoms with Gasteiger partial charge in [-0.05, 0) is 62.7 Å². The number of benzene rings is 3. The van der Waals surface area contributed by atoms with Crippen molar-refractivity contribution in [1.29, 1.82) is 0 Å². The molecule has 4 rings (SSSR count). The summed E-state index contributed by atoms with van der Waals surface area (Å²) in [4.78, 5) is 39.8. The normalized spacial score (nSPS) is 15.4. The third kappa shape index (κ3) is 5.12. The summed E-state index contributed by atoms with van der Waals surface area (Å²) in [6.45, 7) is 6.21. The molecule has 1 unspecified atom stereocenters. The van der Waals surface area contributed by atoms with Crippen LogP contribution in [-0.4, -0.2) is 24.3 Å². The molecule has 3 aromatic rings. The summed E-state index contributed by atoms with van der Waals surface area (Å²) in [6, 6.07) is 20.3. The molecule has 0 radical (unpaired) electrons. The minimum Gasteiger partial charge on any atom is -0.326 e. The van der Waals surface area contributed by atoms with Crippen molar-refractivity contribution in [3.8, 4) is 0 Å². The van der Waals surface area contributed by atoms with E-state index in [1.165, 1.54) is 0 Å². The Morgan fingerprint density at radius 2 is 1.61 bits per heavy atom. The molecule has 1 aliphatic heterocycles. The molecule has 168 valence electrons. The Bertz CT molecular complexity index is 1220. The smallest absolute Gasteiger partial charge is 0.255 e. The Balaban J connectivity index is 1.44. The average Bonchev–Trinajstić information content (AvgIpc) is 3.19. The maximum absolute atomic E-state index is 12.8. The Morgan fingerprint density at radius 3 is 2.33 bits per heavy atom. The lowest BCUT2D eigenvalue weighted by Crippen LogP contribution is -2.28. The molecular formula is C27H27N3O3. The van der Waals surface area contributed by atoms with Gasteiger partial charge in [0.05, 0.1) is 5.92 Å². The van der Waals surface area contributed by atoms with E-state index < -0.39 is 5.92 Å². The standard InChI is InChI=1S/C27H27N3O3/c1-17-7-10-22(11-8-17)28-26(32)20-5-4-6-23(14-20)30-16-21(15-25(30)31)27(33)29-24-12-9-18(2)13-19(24)3/h4-14,21H,15-16H2,1-3H3,(H,28,32)(H,29,33). The molecule has 6 nitrogen and oxygen atoms in total. The fourth-order valence-corrected chi connectivity index (χ4v) is 3.98. The molecule has 0 aromatic heterocycles. The fourth-order valence-electron chi connectivity index (χ4n) is 3.98. The van der Waals surface area contributed by atoms with Gasteiger partial charge in [0.25, 0.3) is 5.91 Å². The zero-order valence-corrected chi connectivity index (χ0v) is 19.0. The van der Waals surface area contributed by atoms with Crippen LogP contribution < -0.4 is 15.5 Å². The predicted octanol–water partition coefficient (Wildman–Crippen LogP) is 4.86. The molecular weight excluding hydrogens is 414 g/mol. The van der Waals surface area contributed by atoms with Crippen molar-refractivity contribution in [1.82, 2.24) is 0 Å². The molecule has 1 aliphatic rings. The predicted molar refractivity (Wildman–Crippen MR) is 131 cm³/mol. The van der Waals surface area contributed by atoms with Crippen molar-refractivity contribution >= 4 is 34.8 Å². The minimum atomic E-state index is -0.455. The molecule has 0 saturated carbocycles. The van der Waals surface area contributed by atoms with E-state index in [-0.39, 0.29) is 30.7 Å². The second-order valence-corrected chi connectivity index (χ2v) is 8.58. The zero-order chi connectivity index (χ0) is 23.5. The van der Waals surface area contributed by atoms with Crippen molar-refractivity contribution in [3.63, 3.8) is 0 Å². The summed E-state index contributed by atoms with van der Waals surface area (Å²) in [7, 11) is 0. The zero-order valence-electron chi connectivity index (χ0n) is 19.0. The number of aryl methyl sites for hydroxylation is 3. The van der Waals surface area contributed by atoms with Crippen LogP contribution in [-0.2, 0) is 9.59 Å². The summed E-state index contributed by atoms with van der Waals surface area (Å²) in [5.74, 6) is -1.02. The highest BCUT2D eigenvalue weighted by Crippen LogP contribution is 2.27. The first-order valence-corrected chi connectivity index (χ1v) is 11.0. The molecule has 1 heterocycles. The number of rotatable bonds is 5. The maximum atomic E-state index is 12.8. The molecule has 0 bridgehead atoms. The van der Waals surface area contributed by atoms with Crippen molar-refractivity contribution < 1.29 is 14.4 Å². The van der Waals surface area contributed by atoms with Gasteiger partial charge in [0.1, 0.15) is 0 Å². The van der Waals surface area contributed by atoms with Crippen molar-refractivity contribution in [2.45, 2.75) is 27.2 Å². The lowest BCUT2D eigenvalue weighted by atomic mass is 10.1. The number of hydrogen-bond donors (Lipinski definition) is 2. The summed E-state index contributed by atoms with van der Waals surface area (Å²) >= 11 is 0. The molecule has 0 aliphatic carbocycles. The first kappa shape index (κ1) is 22.3. The quantitative estimate of drug-likeness (QED) is 0.594. The van der Waals surface area contributed by atoms with Crippen molar-refractivity contribution in [3.05, 3.63) is 89.0 Å². The fraction of sp³-hybridized carbons (Fsp3) is 0.222.